The number of nitrogen functional groups attached to an aromatic ring is 1. The Balaban J connectivity index is 2.13. The van der Waals surface area contributed by atoms with Crippen LogP contribution in [0, 0.1) is 6.92 Å². The van der Waals surface area contributed by atoms with Gasteiger partial charge in [0.05, 0.1) is 0 Å². The van der Waals surface area contributed by atoms with Crippen LogP contribution >= 0.6 is 0 Å². The van der Waals surface area contributed by atoms with Crippen molar-refractivity contribution in [3.63, 3.8) is 0 Å². The van der Waals surface area contributed by atoms with Crippen LogP contribution in [0.15, 0.2) is 12.3 Å². The third kappa shape index (κ3) is 2.22. The van der Waals surface area contributed by atoms with Crippen molar-refractivity contribution in [2.45, 2.75) is 45.1 Å². The lowest BCUT2D eigenvalue weighted by atomic mass is 10.0. The van der Waals surface area contributed by atoms with Crippen molar-refractivity contribution in [3.05, 3.63) is 17.8 Å². The number of nitrogens with zero attached hydrogens (tertiary/aromatic N) is 1. The van der Waals surface area contributed by atoms with E-state index in [4.69, 9.17) is 5.73 Å². The van der Waals surface area contributed by atoms with Crippen LogP contribution in [0.3, 0.4) is 0 Å². The molecule has 2 rings (SSSR count). The summed E-state index contributed by atoms with van der Waals surface area (Å²) in [5, 5.41) is 3.49. The molecule has 1 saturated carbocycles. The molecule has 3 N–H and O–H groups in total. The quantitative estimate of drug-likeness (QED) is 0.780. The number of pyridine rings is 1. The third-order valence-electron chi connectivity index (χ3n) is 3.28. The molecule has 0 amide bonds. The molecule has 1 aromatic heterocycles. The Morgan fingerprint density at radius 2 is 2.07 bits per heavy atom. The Bertz CT molecular complexity index is 354. The van der Waals surface area contributed by atoms with Crippen LogP contribution in [0.1, 0.15) is 38.2 Å². The van der Waals surface area contributed by atoms with Gasteiger partial charge in [0.15, 0.2) is 0 Å². The van der Waals surface area contributed by atoms with Gasteiger partial charge in [0, 0.05) is 23.5 Å². The van der Waals surface area contributed by atoms with E-state index in [1.807, 2.05) is 19.2 Å². The summed E-state index contributed by atoms with van der Waals surface area (Å²) in [5.74, 6) is 0.905. The summed E-state index contributed by atoms with van der Waals surface area (Å²) in [5.41, 5.74) is 7.93. The number of anilines is 2. The molecule has 1 aromatic rings. The van der Waals surface area contributed by atoms with Gasteiger partial charge in [0.25, 0.3) is 0 Å². The molecule has 0 aromatic carbocycles. The van der Waals surface area contributed by atoms with Gasteiger partial charge < -0.3 is 11.1 Å². The zero-order chi connectivity index (χ0) is 10.9. The number of hydrogen-bond donors (Lipinski definition) is 2. The first kappa shape index (κ1) is 10.3. The average Bonchev–Trinajstić information content (AvgIpc) is 2.59. The maximum Gasteiger partial charge on any atom is 0.128 e. The van der Waals surface area contributed by atoms with Crippen LogP contribution in [0.5, 0.6) is 0 Å². The van der Waals surface area contributed by atoms with Crippen LogP contribution in [0.4, 0.5) is 11.5 Å². The topological polar surface area (TPSA) is 50.9 Å². The molecule has 0 unspecified atom stereocenters. The minimum atomic E-state index is 0.217. The summed E-state index contributed by atoms with van der Waals surface area (Å²) < 4.78 is 0. The van der Waals surface area contributed by atoms with Crippen LogP contribution in [0.25, 0.3) is 0 Å². The van der Waals surface area contributed by atoms with Crippen molar-refractivity contribution in [1.82, 2.24) is 4.98 Å². The summed E-state index contributed by atoms with van der Waals surface area (Å²) in [4.78, 5) is 4.36. The number of aromatic nitrogens is 1. The summed E-state index contributed by atoms with van der Waals surface area (Å²) in [7, 11) is 0. The van der Waals surface area contributed by atoms with Crippen molar-refractivity contribution in [2.75, 3.05) is 11.1 Å². The molecule has 0 atom stereocenters. The Labute approximate surface area is 91.1 Å². The van der Waals surface area contributed by atoms with Crippen molar-refractivity contribution in [3.8, 4) is 0 Å². The lowest BCUT2D eigenvalue weighted by molar-refractivity contribution is 0.531. The molecule has 1 heterocycles. The van der Waals surface area contributed by atoms with Crippen LogP contribution in [-0.4, -0.2) is 10.5 Å². The molecule has 15 heavy (non-hydrogen) atoms. The van der Waals surface area contributed by atoms with E-state index in [9.17, 15) is 0 Å². The highest BCUT2D eigenvalue weighted by Crippen LogP contribution is 2.32. The maximum absolute atomic E-state index is 5.86. The molecular weight excluding hydrogens is 186 g/mol. The summed E-state index contributed by atoms with van der Waals surface area (Å²) in [6.45, 7) is 4.24. The Morgan fingerprint density at radius 1 is 1.40 bits per heavy atom. The molecular formula is C12H19N3. The summed E-state index contributed by atoms with van der Waals surface area (Å²) in [6, 6.07) is 1.93. The predicted octanol–water partition coefficient (Wildman–Crippen LogP) is 2.72. The van der Waals surface area contributed by atoms with E-state index in [2.05, 4.69) is 17.2 Å². The number of nitrogens with one attached hydrogen (secondary N) is 1. The van der Waals surface area contributed by atoms with Gasteiger partial charge in [-0.05, 0) is 32.3 Å². The molecule has 0 saturated heterocycles. The monoisotopic (exact) mass is 205 g/mol. The van der Waals surface area contributed by atoms with Gasteiger partial charge in [-0.3, -0.25) is 0 Å². The van der Waals surface area contributed by atoms with Gasteiger partial charge in [-0.25, -0.2) is 4.98 Å². The smallest absolute Gasteiger partial charge is 0.128 e. The number of hydrogen-bond acceptors (Lipinski definition) is 3. The molecule has 0 spiro atoms. The fourth-order valence-electron chi connectivity index (χ4n) is 2.20. The number of aryl methyl sites for hydroxylation is 1. The fourth-order valence-corrected chi connectivity index (χ4v) is 2.20. The standard InChI is InChI=1S/C12H19N3/c1-9-8-14-11(7-10(9)13)15-12(2)5-3-4-6-12/h7-8H,3-6H2,1-2H3,(H3,13,14,15). The van der Waals surface area contributed by atoms with E-state index in [-0.39, 0.29) is 5.54 Å². The fraction of sp³-hybridized carbons (Fsp3) is 0.583. The van der Waals surface area contributed by atoms with E-state index in [1.54, 1.807) is 0 Å². The Kier molecular flexibility index (Phi) is 2.55. The van der Waals surface area contributed by atoms with Gasteiger partial charge in [0.2, 0.25) is 0 Å². The molecule has 1 aliphatic rings. The van der Waals surface area contributed by atoms with E-state index in [0.717, 1.165) is 17.1 Å². The molecule has 0 radical (unpaired) electrons. The molecule has 3 heteroatoms. The zero-order valence-electron chi connectivity index (χ0n) is 9.51. The van der Waals surface area contributed by atoms with Gasteiger partial charge in [-0.1, -0.05) is 12.8 Å². The molecule has 1 fully saturated rings. The lowest BCUT2D eigenvalue weighted by Crippen LogP contribution is -2.31. The normalized spacial score (nSPS) is 19.1. The van der Waals surface area contributed by atoms with Crippen LogP contribution < -0.4 is 11.1 Å². The predicted molar refractivity (Wildman–Crippen MR) is 63.9 cm³/mol. The van der Waals surface area contributed by atoms with Crippen LogP contribution in [-0.2, 0) is 0 Å². The zero-order valence-corrected chi connectivity index (χ0v) is 9.51. The molecule has 0 aliphatic heterocycles. The van der Waals surface area contributed by atoms with Crippen molar-refractivity contribution in [1.29, 1.82) is 0 Å². The van der Waals surface area contributed by atoms with Crippen molar-refractivity contribution in [2.24, 2.45) is 0 Å². The van der Waals surface area contributed by atoms with Gasteiger partial charge in [-0.2, -0.15) is 0 Å². The first-order valence-corrected chi connectivity index (χ1v) is 5.59. The second-order valence-electron chi connectivity index (χ2n) is 4.82. The first-order chi connectivity index (χ1) is 7.09. The van der Waals surface area contributed by atoms with E-state index >= 15 is 0 Å². The first-order valence-electron chi connectivity index (χ1n) is 5.59. The lowest BCUT2D eigenvalue weighted by Gasteiger charge is -2.26. The SMILES string of the molecule is Cc1cnc(NC2(C)CCCC2)cc1N. The molecule has 82 valence electrons. The van der Waals surface area contributed by atoms with Crippen molar-refractivity contribution < 1.29 is 0 Å². The summed E-state index contributed by atoms with van der Waals surface area (Å²) >= 11 is 0. The van der Waals surface area contributed by atoms with Crippen LogP contribution in [0.2, 0.25) is 0 Å². The van der Waals surface area contributed by atoms with Gasteiger partial charge in [0.1, 0.15) is 5.82 Å². The second-order valence-corrected chi connectivity index (χ2v) is 4.82. The Morgan fingerprint density at radius 3 is 2.67 bits per heavy atom. The highest BCUT2D eigenvalue weighted by Gasteiger charge is 2.28. The minimum Gasteiger partial charge on any atom is -0.398 e. The van der Waals surface area contributed by atoms with Gasteiger partial charge in [-0.15, -0.1) is 0 Å². The summed E-state index contributed by atoms with van der Waals surface area (Å²) in [6.07, 6.45) is 6.90. The molecule has 0 bridgehead atoms. The average molecular weight is 205 g/mol. The second kappa shape index (κ2) is 3.72. The molecule has 3 nitrogen and oxygen atoms in total. The minimum absolute atomic E-state index is 0.217. The van der Waals surface area contributed by atoms with Gasteiger partial charge >= 0.3 is 0 Å². The molecule has 1 aliphatic carbocycles. The third-order valence-corrected chi connectivity index (χ3v) is 3.28. The largest absolute Gasteiger partial charge is 0.398 e. The highest BCUT2D eigenvalue weighted by atomic mass is 15.1. The van der Waals surface area contributed by atoms with E-state index in [1.165, 1.54) is 25.7 Å². The highest BCUT2D eigenvalue weighted by molar-refractivity contribution is 5.54. The number of rotatable bonds is 2. The van der Waals surface area contributed by atoms with E-state index < -0.39 is 0 Å². The van der Waals surface area contributed by atoms with Crippen molar-refractivity contribution >= 4 is 11.5 Å². The number of nitrogens with two attached hydrogens (primary N) is 1. The maximum atomic E-state index is 5.86. The Hall–Kier alpha value is -1.25. The van der Waals surface area contributed by atoms with E-state index in [0.29, 0.717) is 0 Å².